The number of anilines is 1. The second kappa shape index (κ2) is 5.27. The van der Waals surface area contributed by atoms with E-state index in [1.807, 2.05) is 0 Å². The maximum Gasteiger partial charge on any atom is 0.292 e. The molecule has 1 fully saturated rings. The minimum atomic E-state index is -0.502. The molecule has 1 aliphatic rings. The number of carbonyl (C=O) groups is 2. The third kappa shape index (κ3) is 2.68. The van der Waals surface area contributed by atoms with Crippen LogP contribution in [0.2, 0.25) is 0 Å². The largest absolute Gasteiger partial charge is 0.383 e. The first kappa shape index (κ1) is 13.3. The Kier molecular flexibility index (Phi) is 3.70. The van der Waals surface area contributed by atoms with Crippen LogP contribution in [0.25, 0.3) is 0 Å². The van der Waals surface area contributed by atoms with Gasteiger partial charge in [0.05, 0.1) is 17.2 Å². The van der Waals surface area contributed by atoms with E-state index in [1.165, 1.54) is 6.07 Å². The van der Waals surface area contributed by atoms with Crippen molar-refractivity contribution in [1.29, 1.82) is 0 Å². The molecule has 0 aromatic heterocycles. The Morgan fingerprint density at radius 2 is 2.21 bits per heavy atom. The minimum Gasteiger partial charge on any atom is -0.383 e. The lowest BCUT2D eigenvalue weighted by Crippen LogP contribution is -2.27. The lowest BCUT2D eigenvalue weighted by molar-refractivity contribution is -0.384. The molecule has 1 aromatic rings. The molecule has 1 aromatic carbocycles. The molecule has 0 spiro atoms. The van der Waals surface area contributed by atoms with E-state index in [4.69, 9.17) is 0 Å². The molecule has 100 valence electrons. The van der Waals surface area contributed by atoms with Crippen molar-refractivity contribution < 1.29 is 14.5 Å². The molecule has 0 radical (unpaired) electrons. The Labute approximate surface area is 113 Å². The van der Waals surface area contributed by atoms with Gasteiger partial charge in [-0.25, -0.2) is 0 Å². The molecule has 19 heavy (non-hydrogen) atoms. The summed E-state index contributed by atoms with van der Waals surface area (Å²) in [6.45, 7) is 0.0650. The number of thioether (sulfide) groups is 1. The summed E-state index contributed by atoms with van der Waals surface area (Å²) in [6.07, 6.45) is 0. The predicted octanol–water partition coefficient (Wildman–Crippen LogP) is 1.83. The molecule has 0 atom stereocenters. The number of amides is 2. The summed E-state index contributed by atoms with van der Waals surface area (Å²) in [7, 11) is 1.59. The van der Waals surface area contributed by atoms with Crippen molar-refractivity contribution >= 4 is 34.3 Å². The van der Waals surface area contributed by atoms with Crippen molar-refractivity contribution in [2.75, 3.05) is 18.1 Å². The van der Waals surface area contributed by atoms with Gasteiger partial charge in [-0.15, -0.1) is 0 Å². The Morgan fingerprint density at radius 3 is 2.74 bits per heavy atom. The van der Waals surface area contributed by atoms with E-state index in [0.717, 1.165) is 16.7 Å². The molecular weight excluding hydrogens is 270 g/mol. The molecule has 2 amide bonds. The average molecular weight is 281 g/mol. The first-order valence-corrected chi connectivity index (χ1v) is 6.43. The van der Waals surface area contributed by atoms with Crippen LogP contribution >= 0.6 is 11.8 Å². The molecule has 1 N–H and O–H groups in total. The summed E-state index contributed by atoms with van der Waals surface area (Å²) in [4.78, 5) is 34.4. The second-order valence-electron chi connectivity index (χ2n) is 3.89. The Balaban J connectivity index is 2.26. The zero-order valence-corrected chi connectivity index (χ0v) is 10.9. The Bertz CT molecular complexity index is 545. The van der Waals surface area contributed by atoms with Crippen LogP contribution in [0.5, 0.6) is 0 Å². The summed E-state index contributed by atoms with van der Waals surface area (Å²) in [6, 6.07) is 4.59. The van der Waals surface area contributed by atoms with Gasteiger partial charge in [-0.05, 0) is 11.6 Å². The van der Waals surface area contributed by atoms with Crippen molar-refractivity contribution in [1.82, 2.24) is 4.90 Å². The van der Waals surface area contributed by atoms with E-state index in [2.05, 4.69) is 5.32 Å². The van der Waals surface area contributed by atoms with E-state index in [9.17, 15) is 19.7 Å². The minimum absolute atomic E-state index is 0.0650. The number of imide groups is 1. The molecular formula is C11H11N3O4S. The van der Waals surface area contributed by atoms with Gasteiger partial charge in [0.25, 0.3) is 10.9 Å². The standard InChI is InChI=1S/C11H11N3O4S/c1-12-8-3-2-7(4-9(8)14(17)18)5-13-10(15)6-19-11(13)16/h2-4,12H,5-6H2,1H3. The summed E-state index contributed by atoms with van der Waals surface area (Å²) in [5, 5.41) is 13.3. The first-order chi connectivity index (χ1) is 9.02. The zero-order chi connectivity index (χ0) is 14.0. The van der Waals surface area contributed by atoms with Gasteiger partial charge >= 0.3 is 0 Å². The monoisotopic (exact) mass is 281 g/mol. The van der Waals surface area contributed by atoms with Gasteiger partial charge in [0.1, 0.15) is 5.69 Å². The van der Waals surface area contributed by atoms with Crippen LogP contribution in [0.3, 0.4) is 0 Å². The number of rotatable bonds is 4. The molecule has 0 aliphatic carbocycles. The molecule has 8 heteroatoms. The lowest BCUT2D eigenvalue weighted by Gasteiger charge is -2.13. The number of nitro benzene ring substituents is 1. The van der Waals surface area contributed by atoms with Crippen molar-refractivity contribution in [2.24, 2.45) is 0 Å². The van der Waals surface area contributed by atoms with Gasteiger partial charge in [0, 0.05) is 13.1 Å². The summed E-state index contributed by atoms with van der Waals surface area (Å²) in [5.41, 5.74) is 0.865. The molecule has 0 unspecified atom stereocenters. The topological polar surface area (TPSA) is 92.6 Å². The van der Waals surface area contributed by atoms with E-state index < -0.39 is 4.92 Å². The molecule has 7 nitrogen and oxygen atoms in total. The van der Waals surface area contributed by atoms with Crippen LogP contribution in [-0.4, -0.2) is 33.8 Å². The highest BCUT2D eigenvalue weighted by atomic mass is 32.2. The van der Waals surface area contributed by atoms with Gasteiger partial charge < -0.3 is 5.32 Å². The zero-order valence-electron chi connectivity index (χ0n) is 10.1. The number of nitrogens with one attached hydrogen (secondary N) is 1. The second-order valence-corrected chi connectivity index (χ2v) is 4.82. The predicted molar refractivity (Wildman–Crippen MR) is 71.0 cm³/mol. The third-order valence-electron chi connectivity index (χ3n) is 2.71. The number of hydrogen-bond acceptors (Lipinski definition) is 6. The van der Waals surface area contributed by atoms with E-state index in [1.54, 1.807) is 19.2 Å². The average Bonchev–Trinajstić information content (AvgIpc) is 2.70. The molecule has 0 saturated carbocycles. The summed E-state index contributed by atoms with van der Waals surface area (Å²) < 4.78 is 0. The van der Waals surface area contributed by atoms with E-state index in [0.29, 0.717) is 11.3 Å². The molecule has 1 saturated heterocycles. The molecule has 0 bridgehead atoms. The molecule has 2 rings (SSSR count). The highest BCUT2D eigenvalue weighted by molar-refractivity contribution is 8.14. The Morgan fingerprint density at radius 1 is 1.47 bits per heavy atom. The van der Waals surface area contributed by atoms with Crippen molar-refractivity contribution in [3.8, 4) is 0 Å². The fourth-order valence-corrected chi connectivity index (χ4v) is 2.48. The van der Waals surface area contributed by atoms with Gasteiger partial charge in [-0.2, -0.15) is 0 Å². The molecule has 1 heterocycles. The fourth-order valence-electron chi connectivity index (χ4n) is 1.75. The SMILES string of the molecule is CNc1ccc(CN2C(=O)CSC2=O)cc1[N+](=O)[O-]. The van der Waals surface area contributed by atoms with Gasteiger partial charge in [0.15, 0.2) is 0 Å². The van der Waals surface area contributed by atoms with Crippen LogP contribution in [-0.2, 0) is 11.3 Å². The van der Waals surface area contributed by atoms with Crippen LogP contribution in [0.4, 0.5) is 16.2 Å². The third-order valence-corrected chi connectivity index (χ3v) is 3.57. The van der Waals surface area contributed by atoms with Crippen molar-refractivity contribution in [2.45, 2.75) is 6.54 Å². The van der Waals surface area contributed by atoms with Crippen LogP contribution in [0, 0.1) is 10.1 Å². The Hall–Kier alpha value is -2.09. The van der Waals surface area contributed by atoms with Crippen molar-refractivity contribution in [3.63, 3.8) is 0 Å². The highest BCUT2D eigenvalue weighted by Crippen LogP contribution is 2.27. The van der Waals surface area contributed by atoms with E-state index >= 15 is 0 Å². The highest BCUT2D eigenvalue weighted by Gasteiger charge is 2.30. The van der Waals surface area contributed by atoms with Gasteiger partial charge in [-0.3, -0.25) is 24.6 Å². The summed E-state index contributed by atoms with van der Waals surface area (Å²) in [5.74, 6) is -0.134. The first-order valence-electron chi connectivity index (χ1n) is 5.45. The number of nitro groups is 1. The van der Waals surface area contributed by atoms with Crippen molar-refractivity contribution in [3.05, 3.63) is 33.9 Å². The molecule has 1 aliphatic heterocycles. The van der Waals surface area contributed by atoms with Gasteiger partial charge in [0.2, 0.25) is 5.91 Å². The fraction of sp³-hybridized carbons (Fsp3) is 0.273. The normalized spacial score (nSPS) is 14.9. The van der Waals surface area contributed by atoms with Crippen LogP contribution < -0.4 is 5.32 Å². The van der Waals surface area contributed by atoms with Gasteiger partial charge in [-0.1, -0.05) is 17.8 Å². The van der Waals surface area contributed by atoms with Crippen LogP contribution in [0.1, 0.15) is 5.56 Å². The smallest absolute Gasteiger partial charge is 0.292 e. The maximum atomic E-state index is 11.5. The lowest BCUT2D eigenvalue weighted by atomic mass is 10.1. The quantitative estimate of drug-likeness (QED) is 0.668. The maximum absolute atomic E-state index is 11.5. The van der Waals surface area contributed by atoms with Crippen LogP contribution in [0.15, 0.2) is 18.2 Å². The van der Waals surface area contributed by atoms with E-state index in [-0.39, 0.29) is 29.1 Å². The number of carbonyl (C=O) groups excluding carboxylic acids is 2. The number of nitrogens with zero attached hydrogens (tertiary/aromatic N) is 2. The summed E-state index contributed by atoms with van der Waals surface area (Å²) >= 11 is 0.942. The number of hydrogen-bond donors (Lipinski definition) is 1. The number of benzene rings is 1.